The van der Waals surface area contributed by atoms with Crippen molar-refractivity contribution in [2.24, 2.45) is 0 Å². The largest absolute Gasteiger partial charge is 0.468 e. The van der Waals surface area contributed by atoms with Gasteiger partial charge in [0, 0.05) is 31.4 Å². The molecule has 1 N–H and O–H groups in total. The van der Waals surface area contributed by atoms with Crippen LogP contribution in [0.5, 0.6) is 5.88 Å². The number of aliphatic hydroxyl groups excluding tert-OH is 1. The smallest absolute Gasteiger partial charge is 0.422 e. The second-order valence-electron chi connectivity index (χ2n) is 4.70. The minimum absolute atomic E-state index is 0.0515. The Morgan fingerprint density at radius 2 is 2.05 bits per heavy atom. The third kappa shape index (κ3) is 6.21. The van der Waals surface area contributed by atoms with Crippen LogP contribution in [0.25, 0.3) is 0 Å². The molecule has 114 valence electrons. The van der Waals surface area contributed by atoms with Crippen molar-refractivity contribution in [2.45, 2.75) is 32.6 Å². The van der Waals surface area contributed by atoms with Gasteiger partial charge in [-0.05, 0) is 19.4 Å². The second kappa shape index (κ2) is 7.44. The lowest BCUT2D eigenvalue weighted by Gasteiger charge is -2.25. The topological polar surface area (TPSA) is 45.6 Å². The third-order valence-electron chi connectivity index (χ3n) is 2.68. The van der Waals surface area contributed by atoms with Crippen molar-refractivity contribution < 1.29 is 23.0 Å². The Morgan fingerprint density at radius 1 is 1.35 bits per heavy atom. The molecule has 0 saturated heterocycles. The second-order valence-corrected chi connectivity index (χ2v) is 4.70. The van der Waals surface area contributed by atoms with E-state index in [-0.39, 0.29) is 18.5 Å². The van der Waals surface area contributed by atoms with Crippen molar-refractivity contribution in [3.05, 3.63) is 23.9 Å². The third-order valence-corrected chi connectivity index (χ3v) is 2.68. The van der Waals surface area contributed by atoms with Gasteiger partial charge >= 0.3 is 6.18 Å². The van der Waals surface area contributed by atoms with Gasteiger partial charge in [0.05, 0.1) is 6.61 Å². The molecule has 0 spiro atoms. The van der Waals surface area contributed by atoms with Crippen LogP contribution in [0, 0.1) is 0 Å². The molecule has 0 unspecified atom stereocenters. The van der Waals surface area contributed by atoms with E-state index in [1.807, 2.05) is 18.7 Å². The van der Waals surface area contributed by atoms with Gasteiger partial charge in [0.1, 0.15) is 0 Å². The van der Waals surface area contributed by atoms with E-state index < -0.39 is 12.8 Å². The van der Waals surface area contributed by atoms with Gasteiger partial charge in [0.25, 0.3) is 0 Å². The number of ether oxygens (including phenoxy) is 1. The zero-order valence-electron chi connectivity index (χ0n) is 11.5. The fourth-order valence-electron chi connectivity index (χ4n) is 1.63. The van der Waals surface area contributed by atoms with Crippen LogP contribution in [0.3, 0.4) is 0 Å². The molecule has 1 heterocycles. The number of hydrogen-bond donors (Lipinski definition) is 1. The van der Waals surface area contributed by atoms with Crippen LogP contribution in [-0.2, 0) is 6.54 Å². The van der Waals surface area contributed by atoms with Crippen molar-refractivity contribution in [2.75, 3.05) is 19.8 Å². The van der Waals surface area contributed by atoms with Crippen molar-refractivity contribution >= 4 is 0 Å². The Hall–Kier alpha value is -1.34. The Labute approximate surface area is 116 Å². The lowest BCUT2D eigenvalue weighted by atomic mass is 10.2. The average Bonchev–Trinajstić information content (AvgIpc) is 2.36. The molecule has 0 aromatic carbocycles. The summed E-state index contributed by atoms with van der Waals surface area (Å²) < 4.78 is 40.5. The molecular formula is C13H19F3N2O2. The summed E-state index contributed by atoms with van der Waals surface area (Å²) in [5.74, 6) is -0.0515. The van der Waals surface area contributed by atoms with Gasteiger partial charge in [-0.1, -0.05) is 6.07 Å². The molecule has 1 aromatic heterocycles. The summed E-state index contributed by atoms with van der Waals surface area (Å²) >= 11 is 0. The van der Waals surface area contributed by atoms with Gasteiger partial charge in [-0.2, -0.15) is 13.2 Å². The number of aliphatic hydroxyl groups is 1. The minimum Gasteiger partial charge on any atom is -0.468 e. The van der Waals surface area contributed by atoms with E-state index in [1.165, 1.54) is 12.3 Å². The summed E-state index contributed by atoms with van der Waals surface area (Å²) in [4.78, 5) is 5.88. The van der Waals surface area contributed by atoms with E-state index in [1.54, 1.807) is 6.07 Å². The molecule has 0 atom stereocenters. The van der Waals surface area contributed by atoms with Crippen LogP contribution in [0.4, 0.5) is 13.2 Å². The molecule has 20 heavy (non-hydrogen) atoms. The number of hydrogen-bond acceptors (Lipinski definition) is 4. The zero-order chi connectivity index (χ0) is 15.2. The molecule has 1 rings (SSSR count). The SMILES string of the molecule is CC(C)N(CCO)Cc1ccc(OCC(F)(F)F)nc1. The number of alkyl halides is 3. The van der Waals surface area contributed by atoms with E-state index in [9.17, 15) is 13.2 Å². The first-order valence-corrected chi connectivity index (χ1v) is 6.31. The highest BCUT2D eigenvalue weighted by Crippen LogP contribution is 2.17. The van der Waals surface area contributed by atoms with Crippen LogP contribution in [0.15, 0.2) is 18.3 Å². The molecule has 0 saturated carbocycles. The van der Waals surface area contributed by atoms with Crippen LogP contribution >= 0.6 is 0 Å². The Bertz CT molecular complexity index is 394. The van der Waals surface area contributed by atoms with Gasteiger partial charge in [-0.15, -0.1) is 0 Å². The summed E-state index contributed by atoms with van der Waals surface area (Å²) in [6.07, 6.45) is -2.88. The normalized spacial score (nSPS) is 12.2. The first-order chi connectivity index (χ1) is 9.31. The zero-order valence-corrected chi connectivity index (χ0v) is 11.5. The highest BCUT2D eigenvalue weighted by molar-refractivity contribution is 5.17. The maximum atomic E-state index is 12.0. The number of pyridine rings is 1. The lowest BCUT2D eigenvalue weighted by molar-refractivity contribution is -0.154. The Balaban J connectivity index is 2.57. The highest BCUT2D eigenvalue weighted by Gasteiger charge is 2.28. The van der Waals surface area contributed by atoms with Crippen molar-refractivity contribution in [3.8, 4) is 5.88 Å². The number of rotatable bonds is 7. The molecular weight excluding hydrogens is 273 g/mol. The Morgan fingerprint density at radius 3 is 2.50 bits per heavy atom. The standard InChI is InChI=1S/C13H19F3N2O2/c1-10(2)18(5-6-19)8-11-3-4-12(17-7-11)20-9-13(14,15)16/h3-4,7,10,19H,5-6,8-9H2,1-2H3. The predicted molar refractivity (Wildman–Crippen MR) is 68.4 cm³/mol. The first kappa shape index (κ1) is 16.7. The van der Waals surface area contributed by atoms with E-state index in [0.29, 0.717) is 13.1 Å². The minimum atomic E-state index is -4.37. The Kier molecular flexibility index (Phi) is 6.22. The van der Waals surface area contributed by atoms with Crippen molar-refractivity contribution in [1.29, 1.82) is 0 Å². The summed E-state index contributed by atoms with van der Waals surface area (Å²) in [5.41, 5.74) is 0.853. The van der Waals surface area contributed by atoms with Crippen LogP contribution in [0.2, 0.25) is 0 Å². The van der Waals surface area contributed by atoms with Gasteiger partial charge in [-0.3, -0.25) is 4.90 Å². The molecule has 0 fully saturated rings. The van der Waals surface area contributed by atoms with Gasteiger partial charge < -0.3 is 9.84 Å². The highest BCUT2D eigenvalue weighted by atomic mass is 19.4. The molecule has 4 nitrogen and oxygen atoms in total. The van der Waals surface area contributed by atoms with E-state index in [4.69, 9.17) is 5.11 Å². The van der Waals surface area contributed by atoms with E-state index in [2.05, 4.69) is 9.72 Å². The van der Waals surface area contributed by atoms with E-state index >= 15 is 0 Å². The van der Waals surface area contributed by atoms with Crippen molar-refractivity contribution in [1.82, 2.24) is 9.88 Å². The number of halogens is 3. The lowest BCUT2D eigenvalue weighted by Crippen LogP contribution is -2.32. The molecule has 1 aromatic rings. The molecule has 7 heteroatoms. The molecule has 0 amide bonds. The summed E-state index contributed by atoms with van der Waals surface area (Å²) in [7, 11) is 0. The summed E-state index contributed by atoms with van der Waals surface area (Å²) in [6, 6.07) is 3.34. The van der Waals surface area contributed by atoms with E-state index in [0.717, 1.165) is 5.56 Å². The van der Waals surface area contributed by atoms with Crippen LogP contribution in [0.1, 0.15) is 19.4 Å². The first-order valence-electron chi connectivity index (χ1n) is 6.31. The average molecular weight is 292 g/mol. The van der Waals surface area contributed by atoms with Crippen LogP contribution in [-0.4, -0.2) is 47.0 Å². The quantitative estimate of drug-likeness (QED) is 0.837. The van der Waals surface area contributed by atoms with Gasteiger partial charge in [0.15, 0.2) is 6.61 Å². The fraction of sp³-hybridized carbons (Fsp3) is 0.615. The maximum Gasteiger partial charge on any atom is 0.422 e. The maximum absolute atomic E-state index is 12.0. The predicted octanol–water partition coefficient (Wildman–Crippen LogP) is 2.23. The van der Waals surface area contributed by atoms with Gasteiger partial charge in [0.2, 0.25) is 5.88 Å². The van der Waals surface area contributed by atoms with Crippen LogP contribution < -0.4 is 4.74 Å². The monoisotopic (exact) mass is 292 g/mol. The van der Waals surface area contributed by atoms with Crippen molar-refractivity contribution in [3.63, 3.8) is 0 Å². The number of nitrogens with zero attached hydrogens (tertiary/aromatic N) is 2. The fourth-order valence-corrected chi connectivity index (χ4v) is 1.63. The van der Waals surface area contributed by atoms with Gasteiger partial charge in [-0.25, -0.2) is 4.98 Å². The summed E-state index contributed by atoms with van der Waals surface area (Å²) in [5, 5.41) is 8.97. The molecule has 0 aliphatic rings. The molecule has 0 radical (unpaired) electrons. The molecule has 0 bridgehead atoms. The molecule has 0 aliphatic carbocycles. The number of aromatic nitrogens is 1. The molecule has 0 aliphatic heterocycles. The summed E-state index contributed by atoms with van der Waals surface area (Å²) in [6.45, 7) is 3.82.